The number of piperidine rings is 1. The second-order valence-electron chi connectivity index (χ2n) is 8.46. The number of pyridine rings is 1. The number of nitrogens with zero attached hydrogens (tertiary/aromatic N) is 1. The molecule has 0 saturated carbocycles. The molecular weight excluding hydrogens is 380 g/mol. The van der Waals surface area contributed by atoms with E-state index in [-0.39, 0.29) is 18.0 Å². The van der Waals surface area contributed by atoms with E-state index in [4.69, 9.17) is 0 Å². The smallest absolute Gasteiger partial charge is 0.251 e. The number of hydrogen-bond donors (Lipinski definition) is 1. The minimum absolute atomic E-state index is 0. The number of benzene rings is 2. The Balaban J connectivity index is 0.00000205. The third kappa shape index (κ3) is 4.12. The van der Waals surface area contributed by atoms with Gasteiger partial charge in [-0.05, 0) is 80.3 Å². The lowest BCUT2D eigenvalue weighted by molar-refractivity contribution is 0.204. The third-order valence-electron chi connectivity index (χ3n) is 6.66. The van der Waals surface area contributed by atoms with Crippen molar-refractivity contribution in [1.82, 2.24) is 9.88 Å². The van der Waals surface area contributed by atoms with Gasteiger partial charge in [0.25, 0.3) is 5.56 Å². The molecular formula is C25H29ClN2O. The van der Waals surface area contributed by atoms with Crippen molar-refractivity contribution in [2.75, 3.05) is 13.1 Å². The van der Waals surface area contributed by atoms with Crippen molar-refractivity contribution in [1.29, 1.82) is 0 Å². The number of halogens is 1. The molecule has 0 amide bonds. The molecule has 2 heterocycles. The molecule has 4 heteroatoms. The highest BCUT2D eigenvalue weighted by Gasteiger charge is 2.21. The lowest BCUT2D eigenvalue weighted by Gasteiger charge is -2.32. The molecule has 3 nitrogen and oxygen atoms in total. The number of nitrogens with one attached hydrogen (secondary N) is 1. The van der Waals surface area contributed by atoms with Crippen LogP contribution in [0.25, 0.3) is 10.9 Å². The van der Waals surface area contributed by atoms with E-state index in [0.29, 0.717) is 5.92 Å². The van der Waals surface area contributed by atoms with Gasteiger partial charge < -0.3 is 4.98 Å². The molecule has 1 N–H and O–H groups in total. The van der Waals surface area contributed by atoms with Crippen molar-refractivity contribution in [3.05, 3.63) is 81.1 Å². The summed E-state index contributed by atoms with van der Waals surface area (Å²) in [7, 11) is 0. The Morgan fingerprint density at radius 1 is 0.931 bits per heavy atom. The lowest BCUT2D eigenvalue weighted by atomic mass is 9.89. The van der Waals surface area contributed by atoms with Gasteiger partial charge in [0.15, 0.2) is 0 Å². The van der Waals surface area contributed by atoms with Crippen LogP contribution in [-0.4, -0.2) is 23.0 Å². The summed E-state index contributed by atoms with van der Waals surface area (Å²) in [6.45, 7) is 3.24. The maximum Gasteiger partial charge on any atom is 0.251 e. The number of rotatable bonds is 3. The Morgan fingerprint density at radius 2 is 1.66 bits per heavy atom. The molecule has 152 valence electrons. The van der Waals surface area contributed by atoms with Crippen molar-refractivity contribution in [2.45, 2.75) is 51.0 Å². The highest BCUT2D eigenvalue weighted by Crippen LogP contribution is 2.29. The fraction of sp³-hybridized carbons (Fsp3) is 0.400. The largest absolute Gasteiger partial charge is 0.322 e. The molecule has 3 aromatic rings. The normalized spacial score (nSPS) is 17.7. The van der Waals surface area contributed by atoms with Gasteiger partial charge in [-0.1, -0.05) is 42.5 Å². The molecule has 0 bridgehead atoms. The van der Waals surface area contributed by atoms with Crippen molar-refractivity contribution < 1.29 is 0 Å². The number of likely N-dealkylation sites (tertiary alicyclic amines) is 1. The first kappa shape index (κ1) is 20.2. The van der Waals surface area contributed by atoms with E-state index in [2.05, 4.69) is 58.4 Å². The van der Waals surface area contributed by atoms with Gasteiger partial charge in [0, 0.05) is 23.0 Å². The average Bonchev–Trinajstić information content (AvgIpc) is 2.75. The fourth-order valence-electron chi connectivity index (χ4n) is 5.12. The van der Waals surface area contributed by atoms with E-state index in [1.165, 1.54) is 41.3 Å². The van der Waals surface area contributed by atoms with Crippen LogP contribution in [0.5, 0.6) is 0 Å². The average molecular weight is 409 g/mol. The van der Waals surface area contributed by atoms with Crippen LogP contribution in [0.4, 0.5) is 0 Å². The number of aromatic amines is 1. The molecule has 1 aliphatic heterocycles. The summed E-state index contributed by atoms with van der Waals surface area (Å²) in [5.74, 6) is 0.692. The predicted molar refractivity (Wildman–Crippen MR) is 122 cm³/mol. The summed E-state index contributed by atoms with van der Waals surface area (Å²) < 4.78 is 0. The van der Waals surface area contributed by atoms with Gasteiger partial charge in [0.1, 0.15) is 0 Å². The Hall–Kier alpha value is -2.10. The van der Waals surface area contributed by atoms with Gasteiger partial charge >= 0.3 is 0 Å². The first-order valence-electron chi connectivity index (χ1n) is 10.7. The Kier molecular flexibility index (Phi) is 6.07. The molecule has 1 aliphatic carbocycles. The molecule has 29 heavy (non-hydrogen) atoms. The quantitative estimate of drug-likeness (QED) is 0.645. The van der Waals surface area contributed by atoms with E-state index in [0.717, 1.165) is 50.0 Å². The summed E-state index contributed by atoms with van der Waals surface area (Å²) in [4.78, 5) is 18.2. The number of hydrogen-bond acceptors (Lipinski definition) is 2. The molecule has 0 spiro atoms. The first-order chi connectivity index (χ1) is 13.8. The van der Waals surface area contributed by atoms with Crippen molar-refractivity contribution in [2.24, 2.45) is 0 Å². The van der Waals surface area contributed by atoms with Crippen molar-refractivity contribution >= 4 is 23.3 Å². The number of aryl methyl sites for hydroxylation is 1. The SMILES string of the molecule is Cl.O=c1[nH]c2cc(CN3CCC(c4ccccc4)CC3)ccc2c2c1CCCC2. The van der Waals surface area contributed by atoms with Crippen molar-refractivity contribution in [3.63, 3.8) is 0 Å². The third-order valence-corrected chi connectivity index (χ3v) is 6.66. The van der Waals surface area contributed by atoms with Crippen LogP contribution in [-0.2, 0) is 19.4 Å². The highest BCUT2D eigenvalue weighted by atomic mass is 35.5. The summed E-state index contributed by atoms with van der Waals surface area (Å²) in [5.41, 5.74) is 6.24. The van der Waals surface area contributed by atoms with E-state index in [1.54, 1.807) is 0 Å². The Labute approximate surface area is 178 Å². The van der Waals surface area contributed by atoms with Gasteiger partial charge in [-0.15, -0.1) is 12.4 Å². The maximum absolute atomic E-state index is 12.5. The summed E-state index contributed by atoms with van der Waals surface area (Å²) in [6, 6.07) is 17.6. The minimum Gasteiger partial charge on any atom is -0.322 e. The molecule has 1 saturated heterocycles. The first-order valence-corrected chi connectivity index (χ1v) is 10.7. The van der Waals surface area contributed by atoms with E-state index >= 15 is 0 Å². The second kappa shape index (κ2) is 8.73. The standard InChI is InChI=1S/C25H28N2O.ClH/c28-25-23-9-5-4-8-21(23)22-11-10-18(16-24(22)26-25)17-27-14-12-20(13-15-27)19-6-2-1-3-7-19;/h1-3,6-7,10-11,16,20H,4-5,8-9,12-15,17H2,(H,26,28);1H. The molecule has 1 fully saturated rings. The zero-order valence-corrected chi connectivity index (χ0v) is 17.6. The minimum atomic E-state index is 0. The summed E-state index contributed by atoms with van der Waals surface area (Å²) in [5, 5.41) is 1.25. The predicted octanol–water partition coefficient (Wildman–Crippen LogP) is 5.21. The van der Waals surface area contributed by atoms with Crippen LogP contribution in [0.15, 0.2) is 53.3 Å². The van der Waals surface area contributed by atoms with Gasteiger partial charge in [0.2, 0.25) is 0 Å². The summed E-state index contributed by atoms with van der Waals surface area (Å²) in [6.07, 6.45) is 6.76. The van der Waals surface area contributed by atoms with Gasteiger partial charge in [-0.2, -0.15) is 0 Å². The Bertz CT molecular complexity index is 1040. The topological polar surface area (TPSA) is 36.1 Å². The zero-order valence-electron chi connectivity index (χ0n) is 16.8. The van der Waals surface area contributed by atoms with Crippen LogP contribution < -0.4 is 5.56 Å². The fourth-order valence-corrected chi connectivity index (χ4v) is 5.12. The maximum atomic E-state index is 12.5. The Morgan fingerprint density at radius 3 is 2.41 bits per heavy atom. The summed E-state index contributed by atoms with van der Waals surface area (Å²) >= 11 is 0. The number of aromatic nitrogens is 1. The van der Waals surface area contributed by atoms with E-state index in [1.807, 2.05) is 0 Å². The molecule has 5 rings (SSSR count). The second-order valence-corrected chi connectivity index (χ2v) is 8.46. The molecule has 2 aliphatic rings. The van der Waals surface area contributed by atoms with Gasteiger partial charge in [-0.25, -0.2) is 0 Å². The van der Waals surface area contributed by atoms with Crippen LogP contribution in [0, 0.1) is 0 Å². The van der Waals surface area contributed by atoms with Crippen LogP contribution in [0.1, 0.15) is 53.9 Å². The monoisotopic (exact) mass is 408 g/mol. The lowest BCUT2D eigenvalue weighted by Crippen LogP contribution is -2.32. The van der Waals surface area contributed by atoms with Gasteiger partial charge in [-0.3, -0.25) is 9.69 Å². The van der Waals surface area contributed by atoms with Gasteiger partial charge in [0.05, 0.1) is 0 Å². The van der Waals surface area contributed by atoms with Crippen LogP contribution in [0.3, 0.4) is 0 Å². The van der Waals surface area contributed by atoms with Crippen LogP contribution in [0.2, 0.25) is 0 Å². The zero-order chi connectivity index (χ0) is 18.9. The van der Waals surface area contributed by atoms with E-state index < -0.39 is 0 Å². The number of fused-ring (bicyclic) bond motifs is 3. The number of H-pyrrole nitrogens is 1. The molecule has 0 unspecified atom stereocenters. The molecule has 0 radical (unpaired) electrons. The highest BCUT2D eigenvalue weighted by molar-refractivity contribution is 5.85. The van der Waals surface area contributed by atoms with Crippen LogP contribution >= 0.6 is 12.4 Å². The molecule has 0 atom stereocenters. The molecule has 1 aromatic heterocycles. The van der Waals surface area contributed by atoms with Crippen molar-refractivity contribution in [3.8, 4) is 0 Å². The van der Waals surface area contributed by atoms with E-state index in [9.17, 15) is 4.79 Å². The molecule has 2 aromatic carbocycles.